The Bertz CT molecular complexity index is 509. The molecule has 2 heteroatoms. The maximum absolute atomic E-state index is 5.66. The van der Waals surface area contributed by atoms with Gasteiger partial charge in [0.25, 0.3) is 0 Å². The van der Waals surface area contributed by atoms with Crippen LogP contribution in [0.5, 0.6) is 0 Å². The highest BCUT2D eigenvalue weighted by atomic mass is 15.0. The molecule has 1 aromatic heterocycles. The summed E-state index contributed by atoms with van der Waals surface area (Å²) in [6.07, 6.45) is 1.09. The second kappa shape index (κ2) is 4.30. The number of fused-ring (bicyclic) bond motifs is 1. The van der Waals surface area contributed by atoms with E-state index in [0.717, 1.165) is 13.0 Å². The summed E-state index contributed by atoms with van der Waals surface area (Å²) in [5, 5.41) is 1.38. The molecule has 16 heavy (non-hydrogen) atoms. The summed E-state index contributed by atoms with van der Waals surface area (Å²) in [4.78, 5) is 0. The van der Waals surface area contributed by atoms with Gasteiger partial charge >= 0.3 is 0 Å². The molecule has 0 radical (unpaired) electrons. The molecule has 1 aromatic carbocycles. The average molecular weight is 216 g/mol. The first-order valence-electron chi connectivity index (χ1n) is 5.97. The molecule has 0 aliphatic heterocycles. The Morgan fingerprint density at radius 2 is 2.00 bits per heavy atom. The highest BCUT2D eigenvalue weighted by Crippen LogP contribution is 2.26. The lowest BCUT2D eigenvalue weighted by Crippen LogP contribution is -2.10. The first-order chi connectivity index (χ1) is 7.69. The molecular weight excluding hydrogens is 196 g/mol. The molecule has 0 saturated heterocycles. The van der Waals surface area contributed by atoms with E-state index in [9.17, 15) is 0 Å². The third-order valence-corrected chi connectivity index (χ3v) is 3.46. The van der Waals surface area contributed by atoms with Crippen molar-refractivity contribution < 1.29 is 0 Å². The molecule has 0 atom stereocenters. The van der Waals surface area contributed by atoms with Gasteiger partial charge in [-0.1, -0.05) is 13.0 Å². The van der Waals surface area contributed by atoms with Crippen molar-refractivity contribution in [1.82, 2.24) is 4.57 Å². The van der Waals surface area contributed by atoms with E-state index in [-0.39, 0.29) is 0 Å². The minimum absolute atomic E-state index is 0.694. The molecule has 86 valence electrons. The Kier molecular flexibility index (Phi) is 3.01. The van der Waals surface area contributed by atoms with Crippen LogP contribution in [0.15, 0.2) is 18.2 Å². The van der Waals surface area contributed by atoms with Crippen LogP contribution in [0.4, 0.5) is 0 Å². The Balaban J connectivity index is 2.69. The summed E-state index contributed by atoms with van der Waals surface area (Å²) in [5.74, 6) is 0. The Labute approximate surface area is 97.1 Å². The standard InChI is InChI=1S/C14H20N2/c1-4-12-5-6-14-13(9-12)10(2)11(3)16(14)8-7-15/h5-6,9H,4,7-8,15H2,1-3H3. The first-order valence-corrected chi connectivity index (χ1v) is 5.97. The van der Waals surface area contributed by atoms with Gasteiger partial charge in [-0.15, -0.1) is 0 Å². The first kappa shape index (κ1) is 11.2. The fourth-order valence-electron chi connectivity index (χ4n) is 2.33. The molecule has 0 saturated carbocycles. The molecule has 1 heterocycles. The fraction of sp³-hybridized carbons (Fsp3) is 0.429. The Morgan fingerprint density at radius 1 is 1.25 bits per heavy atom. The van der Waals surface area contributed by atoms with Crippen molar-refractivity contribution in [1.29, 1.82) is 0 Å². The monoisotopic (exact) mass is 216 g/mol. The number of hydrogen-bond acceptors (Lipinski definition) is 1. The van der Waals surface area contributed by atoms with Gasteiger partial charge in [-0.05, 0) is 43.5 Å². The lowest BCUT2D eigenvalue weighted by atomic mass is 10.1. The van der Waals surface area contributed by atoms with Gasteiger partial charge in [0.05, 0.1) is 0 Å². The summed E-state index contributed by atoms with van der Waals surface area (Å²) >= 11 is 0. The van der Waals surface area contributed by atoms with Gasteiger partial charge in [-0.3, -0.25) is 0 Å². The predicted octanol–water partition coefficient (Wildman–Crippen LogP) is 2.78. The van der Waals surface area contributed by atoms with Gasteiger partial charge in [0.15, 0.2) is 0 Å². The predicted molar refractivity (Wildman–Crippen MR) is 69.8 cm³/mol. The zero-order chi connectivity index (χ0) is 11.7. The van der Waals surface area contributed by atoms with E-state index in [4.69, 9.17) is 5.73 Å². The topological polar surface area (TPSA) is 30.9 Å². The maximum Gasteiger partial charge on any atom is 0.0485 e. The number of rotatable bonds is 3. The maximum atomic E-state index is 5.66. The number of nitrogens with two attached hydrogens (primary N) is 1. The lowest BCUT2D eigenvalue weighted by Gasteiger charge is -2.06. The van der Waals surface area contributed by atoms with Gasteiger partial charge in [0.1, 0.15) is 0 Å². The van der Waals surface area contributed by atoms with Crippen LogP contribution in [0.1, 0.15) is 23.7 Å². The largest absolute Gasteiger partial charge is 0.343 e. The van der Waals surface area contributed by atoms with Crippen molar-refractivity contribution >= 4 is 10.9 Å². The third kappa shape index (κ3) is 1.63. The summed E-state index contributed by atoms with van der Waals surface area (Å²) < 4.78 is 2.32. The smallest absolute Gasteiger partial charge is 0.0485 e. The summed E-state index contributed by atoms with van der Waals surface area (Å²) in [6.45, 7) is 8.17. The number of aromatic nitrogens is 1. The van der Waals surface area contributed by atoms with Crippen molar-refractivity contribution in [3.8, 4) is 0 Å². The normalized spacial score (nSPS) is 11.2. The molecule has 0 aliphatic carbocycles. The number of nitrogens with zero attached hydrogens (tertiary/aromatic N) is 1. The molecule has 2 N–H and O–H groups in total. The molecule has 0 spiro atoms. The molecule has 2 nitrogen and oxygen atoms in total. The van der Waals surface area contributed by atoms with Crippen LogP contribution in [0.2, 0.25) is 0 Å². The lowest BCUT2D eigenvalue weighted by molar-refractivity contribution is 0.713. The van der Waals surface area contributed by atoms with Crippen molar-refractivity contribution in [3.05, 3.63) is 35.0 Å². The van der Waals surface area contributed by atoms with E-state index in [2.05, 4.69) is 43.5 Å². The van der Waals surface area contributed by atoms with Crippen molar-refractivity contribution in [2.24, 2.45) is 5.73 Å². The number of aryl methyl sites for hydroxylation is 2. The van der Waals surface area contributed by atoms with Gasteiger partial charge in [-0.25, -0.2) is 0 Å². The van der Waals surface area contributed by atoms with E-state index in [0.29, 0.717) is 6.54 Å². The van der Waals surface area contributed by atoms with E-state index >= 15 is 0 Å². The third-order valence-electron chi connectivity index (χ3n) is 3.46. The van der Waals surface area contributed by atoms with Crippen LogP contribution < -0.4 is 5.73 Å². The number of benzene rings is 1. The van der Waals surface area contributed by atoms with Gasteiger partial charge in [0, 0.05) is 29.7 Å². The van der Waals surface area contributed by atoms with Gasteiger partial charge in [0.2, 0.25) is 0 Å². The molecule has 2 rings (SSSR count). The van der Waals surface area contributed by atoms with Crippen LogP contribution >= 0.6 is 0 Å². The highest BCUT2D eigenvalue weighted by molar-refractivity contribution is 5.86. The van der Waals surface area contributed by atoms with E-state index < -0.39 is 0 Å². The highest BCUT2D eigenvalue weighted by Gasteiger charge is 2.10. The molecular formula is C14H20N2. The SMILES string of the molecule is CCc1ccc2c(c1)c(C)c(C)n2CCN. The zero-order valence-electron chi connectivity index (χ0n) is 10.4. The van der Waals surface area contributed by atoms with Crippen LogP contribution in [0.3, 0.4) is 0 Å². The quantitative estimate of drug-likeness (QED) is 0.840. The zero-order valence-corrected chi connectivity index (χ0v) is 10.4. The molecule has 0 fully saturated rings. The minimum Gasteiger partial charge on any atom is -0.343 e. The summed E-state index contributed by atoms with van der Waals surface area (Å²) in [5.41, 5.74) is 11.1. The van der Waals surface area contributed by atoms with Crippen molar-refractivity contribution in [3.63, 3.8) is 0 Å². The van der Waals surface area contributed by atoms with Crippen LogP contribution in [-0.4, -0.2) is 11.1 Å². The second-order valence-electron chi connectivity index (χ2n) is 4.36. The average Bonchev–Trinajstić information content (AvgIpc) is 2.54. The van der Waals surface area contributed by atoms with Gasteiger partial charge in [-0.2, -0.15) is 0 Å². The summed E-state index contributed by atoms with van der Waals surface area (Å²) in [7, 11) is 0. The molecule has 2 aromatic rings. The molecule has 0 bridgehead atoms. The van der Waals surface area contributed by atoms with E-state index in [1.165, 1.54) is 27.7 Å². The van der Waals surface area contributed by atoms with E-state index in [1.54, 1.807) is 0 Å². The number of hydrogen-bond donors (Lipinski definition) is 1. The molecule has 0 unspecified atom stereocenters. The Hall–Kier alpha value is -1.28. The van der Waals surface area contributed by atoms with Crippen LogP contribution in [0, 0.1) is 13.8 Å². The van der Waals surface area contributed by atoms with Crippen molar-refractivity contribution in [2.75, 3.05) is 6.54 Å². The van der Waals surface area contributed by atoms with Crippen LogP contribution in [0.25, 0.3) is 10.9 Å². The summed E-state index contributed by atoms with van der Waals surface area (Å²) in [6, 6.07) is 6.75. The minimum atomic E-state index is 0.694. The fourth-order valence-corrected chi connectivity index (χ4v) is 2.33. The molecule has 0 aliphatic rings. The second-order valence-corrected chi connectivity index (χ2v) is 4.36. The Morgan fingerprint density at radius 3 is 2.62 bits per heavy atom. The molecule has 0 amide bonds. The van der Waals surface area contributed by atoms with Gasteiger partial charge < -0.3 is 10.3 Å². The van der Waals surface area contributed by atoms with Crippen molar-refractivity contribution in [2.45, 2.75) is 33.7 Å². The van der Waals surface area contributed by atoms with E-state index in [1.807, 2.05) is 0 Å². The van der Waals surface area contributed by atoms with Crippen LogP contribution in [-0.2, 0) is 13.0 Å².